The molecule has 1 aliphatic carbocycles. The molecule has 0 unspecified atom stereocenters. The summed E-state index contributed by atoms with van der Waals surface area (Å²) in [5.41, 5.74) is 0. The van der Waals surface area contributed by atoms with Gasteiger partial charge >= 0.3 is 0 Å². The van der Waals surface area contributed by atoms with E-state index in [9.17, 15) is 4.79 Å². The van der Waals surface area contributed by atoms with Crippen LogP contribution in [-0.2, 0) is 6.61 Å². The minimum Gasteiger partial charge on any atom is -0.484 e. The van der Waals surface area contributed by atoms with Gasteiger partial charge in [-0.25, -0.2) is 0 Å². The first-order valence-electron chi connectivity index (χ1n) is 7.59. The zero-order valence-electron chi connectivity index (χ0n) is 12.5. The molecule has 0 radical (unpaired) electrons. The third-order valence-electron chi connectivity index (χ3n) is 3.84. The number of carbonyl (C=O) groups is 1. The van der Waals surface area contributed by atoms with Gasteiger partial charge in [-0.3, -0.25) is 4.79 Å². The minimum absolute atomic E-state index is 0.173. The number of hydrogen-bond donors (Lipinski definition) is 1. The van der Waals surface area contributed by atoms with E-state index in [0.717, 1.165) is 12.8 Å². The van der Waals surface area contributed by atoms with Gasteiger partial charge in [-0.1, -0.05) is 36.0 Å². The van der Waals surface area contributed by atoms with Gasteiger partial charge in [0.1, 0.15) is 18.1 Å². The average molecular weight is 354 g/mol. The summed E-state index contributed by atoms with van der Waals surface area (Å²) in [7, 11) is 0. The minimum atomic E-state index is -0.173. The summed E-state index contributed by atoms with van der Waals surface area (Å²) in [4.78, 5) is 12.1. The molecule has 1 fully saturated rings. The van der Waals surface area contributed by atoms with E-state index in [-0.39, 0.29) is 18.6 Å². The van der Waals surface area contributed by atoms with Gasteiger partial charge in [0.05, 0.1) is 5.02 Å². The van der Waals surface area contributed by atoms with Crippen LogP contribution in [0.3, 0.4) is 0 Å². The molecule has 6 heteroatoms. The fourth-order valence-corrected chi connectivity index (χ4v) is 3.11. The van der Waals surface area contributed by atoms with Crippen molar-refractivity contribution in [3.05, 3.63) is 51.9 Å². The normalized spacial score (nSPS) is 14.9. The zero-order chi connectivity index (χ0) is 16.2. The Morgan fingerprint density at radius 1 is 1.22 bits per heavy atom. The molecule has 4 nitrogen and oxygen atoms in total. The maximum Gasteiger partial charge on any atom is 0.287 e. The van der Waals surface area contributed by atoms with Crippen molar-refractivity contribution in [2.45, 2.75) is 38.3 Å². The Balaban J connectivity index is 1.57. The maximum absolute atomic E-state index is 12.1. The van der Waals surface area contributed by atoms with Gasteiger partial charge in [0.15, 0.2) is 5.76 Å². The predicted octanol–water partition coefficient (Wildman–Crippen LogP) is 4.84. The smallest absolute Gasteiger partial charge is 0.287 e. The number of benzene rings is 1. The molecule has 1 aromatic heterocycles. The zero-order valence-corrected chi connectivity index (χ0v) is 14.0. The molecular formula is C17H17Cl2NO3. The van der Waals surface area contributed by atoms with Crippen molar-refractivity contribution in [3.8, 4) is 5.75 Å². The Kier molecular flexibility index (Phi) is 5.13. The molecule has 1 heterocycles. The molecule has 2 aromatic rings. The van der Waals surface area contributed by atoms with Crippen LogP contribution in [0, 0.1) is 0 Å². The predicted molar refractivity (Wildman–Crippen MR) is 89.2 cm³/mol. The van der Waals surface area contributed by atoms with Crippen LogP contribution in [-0.4, -0.2) is 11.9 Å². The molecule has 0 saturated heterocycles. The van der Waals surface area contributed by atoms with Crippen LogP contribution >= 0.6 is 23.2 Å². The second kappa shape index (κ2) is 7.28. The third-order valence-corrected chi connectivity index (χ3v) is 4.37. The summed E-state index contributed by atoms with van der Waals surface area (Å²) in [5, 5.41) is 3.97. The first-order chi connectivity index (χ1) is 11.1. The Bertz CT molecular complexity index is 693. The molecule has 1 N–H and O–H groups in total. The van der Waals surface area contributed by atoms with Gasteiger partial charge in [0.25, 0.3) is 5.91 Å². The highest BCUT2D eigenvalue weighted by Crippen LogP contribution is 2.28. The largest absolute Gasteiger partial charge is 0.484 e. The molecule has 1 aliphatic rings. The number of nitrogens with one attached hydrogen (secondary N) is 1. The van der Waals surface area contributed by atoms with E-state index in [4.69, 9.17) is 32.4 Å². The second-order valence-corrected chi connectivity index (χ2v) is 6.43. The summed E-state index contributed by atoms with van der Waals surface area (Å²) in [5.74, 6) is 1.21. The van der Waals surface area contributed by atoms with E-state index in [0.29, 0.717) is 27.3 Å². The summed E-state index contributed by atoms with van der Waals surface area (Å²) < 4.78 is 11.1. The monoisotopic (exact) mass is 353 g/mol. The molecule has 1 aromatic carbocycles. The van der Waals surface area contributed by atoms with Crippen molar-refractivity contribution in [2.75, 3.05) is 0 Å². The van der Waals surface area contributed by atoms with Gasteiger partial charge in [0.2, 0.25) is 0 Å². The lowest BCUT2D eigenvalue weighted by molar-refractivity contribution is 0.0905. The average Bonchev–Trinajstić information content (AvgIpc) is 3.17. The van der Waals surface area contributed by atoms with Crippen LogP contribution in [0.5, 0.6) is 5.75 Å². The number of halogens is 2. The summed E-state index contributed by atoms with van der Waals surface area (Å²) in [6.45, 7) is 0.193. The highest BCUT2D eigenvalue weighted by molar-refractivity contribution is 6.35. The van der Waals surface area contributed by atoms with E-state index in [2.05, 4.69) is 5.32 Å². The second-order valence-electron chi connectivity index (χ2n) is 5.58. The van der Waals surface area contributed by atoms with Crippen LogP contribution in [0.15, 0.2) is 34.7 Å². The van der Waals surface area contributed by atoms with Crippen molar-refractivity contribution in [2.24, 2.45) is 0 Å². The fraction of sp³-hybridized carbons (Fsp3) is 0.353. The Morgan fingerprint density at radius 2 is 2.00 bits per heavy atom. The van der Waals surface area contributed by atoms with Crippen molar-refractivity contribution in [1.82, 2.24) is 5.32 Å². The molecule has 0 atom stereocenters. The third kappa shape index (κ3) is 4.21. The lowest BCUT2D eigenvalue weighted by atomic mass is 10.2. The van der Waals surface area contributed by atoms with Crippen molar-refractivity contribution < 1.29 is 13.9 Å². The van der Waals surface area contributed by atoms with E-state index >= 15 is 0 Å². The highest BCUT2D eigenvalue weighted by atomic mass is 35.5. The standard InChI is InChI=1S/C17H17Cl2NO3/c18-11-5-7-15(14(19)9-11)22-10-13-6-8-16(23-13)17(21)20-12-3-1-2-4-12/h5-9,12H,1-4,10H2,(H,20,21). The number of hydrogen-bond acceptors (Lipinski definition) is 3. The number of ether oxygens (including phenoxy) is 1. The van der Waals surface area contributed by atoms with Gasteiger partial charge in [-0.05, 0) is 43.2 Å². The van der Waals surface area contributed by atoms with Gasteiger partial charge < -0.3 is 14.5 Å². The quantitative estimate of drug-likeness (QED) is 0.836. The molecule has 0 bridgehead atoms. The van der Waals surface area contributed by atoms with Gasteiger partial charge in [-0.15, -0.1) is 0 Å². The molecule has 122 valence electrons. The van der Waals surface area contributed by atoms with Gasteiger partial charge in [-0.2, -0.15) is 0 Å². The van der Waals surface area contributed by atoms with Crippen molar-refractivity contribution >= 4 is 29.1 Å². The van der Waals surface area contributed by atoms with E-state index in [1.807, 2.05) is 0 Å². The maximum atomic E-state index is 12.1. The molecule has 0 aliphatic heterocycles. The number of carbonyl (C=O) groups excluding carboxylic acids is 1. The van der Waals surface area contributed by atoms with Crippen LogP contribution in [0.1, 0.15) is 42.0 Å². The van der Waals surface area contributed by atoms with Crippen LogP contribution in [0.2, 0.25) is 10.0 Å². The first kappa shape index (κ1) is 16.2. The molecular weight excluding hydrogens is 337 g/mol. The van der Waals surface area contributed by atoms with E-state index < -0.39 is 0 Å². The molecule has 1 saturated carbocycles. The summed E-state index contributed by atoms with van der Waals surface area (Å²) in [6.07, 6.45) is 4.42. The van der Waals surface area contributed by atoms with Gasteiger partial charge in [0, 0.05) is 11.1 Å². The highest BCUT2D eigenvalue weighted by Gasteiger charge is 2.20. The molecule has 1 amide bonds. The topological polar surface area (TPSA) is 51.5 Å². The van der Waals surface area contributed by atoms with Crippen LogP contribution in [0.25, 0.3) is 0 Å². The lowest BCUT2D eigenvalue weighted by Crippen LogP contribution is -2.32. The van der Waals surface area contributed by atoms with Crippen LogP contribution in [0.4, 0.5) is 0 Å². The number of rotatable bonds is 5. The molecule has 0 spiro atoms. The Morgan fingerprint density at radius 3 is 2.74 bits per heavy atom. The number of amides is 1. The van der Waals surface area contributed by atoms with E-state index in [1.54, 1.807) is 30.3 Å². The van der Waals surface area contributed by atoms with Crippen molar-refractivity contribution in [3.63, 3.8) is 0 Å². The van der Waals surface area contributed by atoms with Crippen LogP contribution < -0.4 is 10.1 Å². The number of furan rings is 1. The summed E-state index contributed by atoms with van der Waals surface area (Å²) in [6, 6.07) is 8.66. The first-order valence-corrected chi connectivity index (χ1v) is 8.35. The summed E-state index contributed by atoms with van der Waals surface area (Å²) >= 11 is 11.9. The Labute approximate surface area is 144 Å². The Hall–Kier alpha value is -1.65. The van der Waals surface area contributed by atoms with Crippen molar-refractivity contribution in [1.29, 1.82) is 0 Å². The fourth-order valence-electron chi connectivity index (χ4n) is 2.65. The molecule has 3 rings (SSSR count). The van der Waals surface area contributed by atoms with E-state index in [1.165, 1.54) is 12.8 Å². The SMILES string of the molecule is O=C(NC1CCCC1)c1ccc(COc2ccc(Cl)cc2Cl)o1. The molecule has 23 heavy (non-hydrogen) atoms. The lowest BCUT2D eigenvalue weighted by Gasteiger charge is -2.10.